The Hall–Kier alpha value is -4.65. The third kappa shape index (κ3) is 10.8. The largest absolute Gasteiger partial charge is 0.481 e. The van der Waals surface area contributed by atoms with Crippen LogP contribution in [0.3, 0.4) is 0 Å². The lowest BCUT2D eigenvalue weighted by atomic mass is 9.83. The van der Waals surface area contributed by atoms with Crippen LogP contribution in [-0.4, -0.2) is 74.6 Å². The molecular weight excluding hydrogens is 833 g/mol. The van der Waals surface area contributed by atoms with Gasteiger partial charge in [-0.1, -0.05) is 70.6 Å². The first kappa shape index (κ1) is 46.4. The molecule has 2 aromatic rings. The zero-order valence-corrected chi connectivity index (χ0v) is 36.5. The maximum absolute atomic E-state index is 13.4. The normalized spacial score (nSPS) is 20.5. The highest BCUT2D eigenvalue weighted by atomic mass is 32.2. The van der Waals surface area contributed by atoms with E-state index >= 15 is 0 Å². The first-order valence-electron chi connectivity index (χ1n) is 19.6. The van der Waals surface area contributed by atoms with Crippen LogP contribution in [0.25, 0.3) is 0 Å². The minimum atomic E-state index is -4.47. The van der Waals surface area contributed by atoms with E-state index in [0.717, 1.165) is 22.6 Å². The number of nitrogens with zero attached hydrogens (tertiary/aromatic N) is 2. The number of benzene rings is 2. The lowest BCUT2D eigenvalue weighted by Crippen LogP contribution is -2.27. The Bertz CT molecular complexity index is 2560. The topological polar surface area (TPSA) is 224 Å². The predicted octanol–water partition coefficient (Wildman–Crippen LogP) is 7.48. The smallest absolute Gasteiger partial charge is 0.303 e. The summed E-state index contributed by atoms with van der Waals surface area (Å²) in [6.07, 6.45) is 18.1. The molecule has 0 saturated heterocycles. The van der Waals surface area contributed by atoms with Crippen molar-refractivity contribution >= 4 is 53.5 Å². The molecule has 2 aromatic carbocycles. The Kier molecular flexibility index (Phi) is 14.0. The van der Waals surface area contributed by atoms with Crippen LogP contribution in [0.1, 0.15) is 90.2 Å². The van der Waals surface area contributed by atoms with Crippen LogP contribution in [0, 0.1) is 0 Å². The number of Topliss-reactive ketones (excluding diaryl/α,β-unsaturated/α-hetero) is 1. The molecule has 0 bridgehead atoms. The van der Waals surface area contributed by atoms with Crippen molar-refractivity contribution in [1.29, 1.82) is 0 Å². The zero-order valence-electron chi connectivity index (χ0n) is 34.0. The average Bonchev–Trinajstić information content (AvgIpc) is 3.68. The summed E-state index contributed by atoms with van der Waals surface area (Å²) in [7, 11) is -13.0. The van der Waals surface area contributed by atoms with Crippen molar-refractivity contribution in [3.63, 3.8) is 0 Å². The number of anilines is 2. The standard InChI is InChI=1S/C43H52N2O12S3/c1-42(2)34-28-32(59(52,53)54)21-23-36(34)44(25-11-5-6-18-40(46)47)38(42)16-9-7-14-30-19-20-31(41(30)48)15-8-10-17-39-43(3,4)35-29-33(60(55,56)57)22-24-37(35)45(39)26-12-13-27-58(49,50)51/h7-10,14-17,21-24,28-29H,5-6,11-13,18-20,25-27H2,1-4H3,(H,46,47)(H,49,50,51)(H,52,53,54)(H,55,56,57)/b9-7+,10-8+,30-14+,31-15+,38-16+,39-17+. The van der Waals surface area contributed by atoms with Gasteiger partial charge in [-0.15, -0.1) is 0 Å². The van der Waals surface area contributed by atoms with Gasteiger partial charge in [0, 0.05) is 64.3 Å². The Morgan fingerprint density at radius 3 is 1.45 bits per heavy atom. The lowest BCUT2D eigenvalue weighted by Gasteiger charge is -2.27. The second-order valence-electron chi connectivity index (χ2n) is 16.1. The SMILES string of the molecule is CC1(C)\C(=C/C=C/C=C2\CC\C(=C/C=C/C=C3/N(CCCCS(=O)(=O)O)c4ccc(S(=O)(=O)O)cc4C3(C)C)C2=O)N(CCCCCC(=O)O)c2ccc(S(=O)(=O)O)cc21. The lowest BCUT2D eigenvalue weighted by molar-refractivity contribution is -0.137. The van der Waals surface area contributed by atoms with Gasteiger partial charge in [-0.3, -0.25) is 23.2 Å². The molecule has 0 atom stereocenters. The number of allylic oxidation sites excluding steroid dienone is 12. The van der Waals surface area contributed by atoms with Gasteiger partial charge < -0.3 is 14.9 Å². The first-order chi connectivity index (χ1) is 27.9. The van der Waals surface area contributed by atoms with Crippen molar-refractivity contribution in [2.24, 2.45) is 0 Å². The number of hydrogen-bond acceptors (Lipinski definition) is 10. The second kappa shape index (κ2) is 18.1. The zero-order chi connectivity index (χ0) is 44.3. The maximum atomic E-state index is 13.4. The number of unbranched alkanes of at least 4 members (excludes halogenated alkanes) is 3. The molecule has 60 heavy (non-hydrogen) atoms. The molecule has 4 N–H and O–H groups in total. The number of aliphatic carboxylic acids is 1. The average molecular weight is 885 g/mol. The Labute approximate surface area is 352 Å². The van der Waals surface area contributed by atoms with Crippen molar-refractivity contribution in [2.45, 2.75) is 99.7 Å². The minimum Gasteiger partial charge on any atom is -0.481 e. The van der Waals surface area contributed by atoms with Gasteiger partial charge in [-0.25, -0.2) is 0 Å². The predicted molar refractivity (Wildman–Crippen MR) is 230 cm³/mol. The number of ketones is 1. The number of hydrogen-bond donors (Lipinski definition) is 4. The van der Waals surface area contributed by atoms with Crippen LogP contribution in [0.15, 0.2) is 117 Å². The van der Waals surface area contributed by atoms with Gasteiger partial charge in [0.25, 0.3) is 30.4 Å². The van der Waals surface area contributed by atoms with E-state index in [-0.39, 0.29) is 28.4 Å². The summed E-state index contributed by atoms with van der Waals surface area (Å²) in [5, 5.41) is 9.02. The van der Waals surface area contributed by atoms with E-state index in [1.165, 1.54) is 24.3 Å². The summed E-state index contributed by atoms with van der Waals surface area (Å²) in [5.74, 6) is -1.34. The van der Waals surface area contributed by atoms with Crippen LogP contribution in [0.5, 0.6) is 0 Å². The van der Waals surface area contributed by atoms with E-state index in [0.29, 0.717) is 74.0 Å². The summed E-state index contributed by atoms with van der Waals surface area (Å²) in [6, 6.07) is 8.85. The van der Waals surface area contributed by atoms with Crippen molar-refractivity contribution in [2.75, 3.05) is 28.6 Å². The molecule has 2 aliphatic heterocycles. The highest BCUT2D eigenvalue weighted by molar-refractivity contribution is 7.86. The number of carboxylic acid groups (broad SMARTS) is 1. The van der Waals surface area contributed by atoms with Crippen LogP contribution < -0.4 is 9.80 Å². The van der Waals surface area contributed by atoms with Crippen molar-refractivity contribution in [3.05, 3.63) is 119 Å². The van der Waals surface area contributed by atoms with Gasteiger partial charge in [-0.05, 0) is 98.2 Å². The quantitative estimate of drug-likeness (QED) is 0.0687. The van der Waals surface area contributed by atoms with Crippen LogP contribution in [0.4, 0.5) is 11.4 Å². The molecule has 3 aliphatic rings. The number of fused-ring (bicyclic) bond motifs is 2. The molecule has 1 aliphatic carbocycles. The summed E-state index contributed by atoms with van der Waals surface area (Å²) < 4.78 is 99.1. The van der Waals surface area contributed by atoms with Gasteiger partial charge in [0.2, 0.25) is 0 Å². The molecule has 324 valence electrons. The fourth-order valence-corrected chi connectivity index (χ4v) is 9.63. The van der Waals surface area contributed by atoms with Gasteiger partial charge >= 0.3 is 5.97 Å². The van der Waals surface area contributed by atoms with E-state index in [2.05, 4.69) is 4.90 Å². The molecular formula is C43H52N2O12S3. The van der Waals surface area contributed by atoms with Gasteiger partial charge in [0.1, 0.15) is 0 Å². The van der Waals surface area contributed by atoms with Gasteiger partial charge in [-0.2, -0.15) is 25.3 Å². The molecule has 14 nitrogen and oxygen atoms in total. The Morgan fingerprint density at radius 2 is 1.05 bits per heavy atom. The molecule has 17 heteroatoms. The monoisotopic (exact) mass is 884 g/mol. The highest BCUT2D eigenvalue weighted by Crippen LogP contribution is 2.50. The number of carboxylic acids is 1. The van der Waals surface area contributed by atoms with E-state index in [1.807, 2.05) is 50.8 Å². The van der Waals surface area contributed by atoms with Crippen LogP contribution in [0.2, 0.25) is 0 Å². The highest BCUT2D eigenvalue weighted by Gasteiger charge is 2.41. The molecule has 0 amide bonds. The van der Waals surface area contributed by atoms with Crippen LogP contribution in [-0.2, 0) is 50.8 Å². The van der Waals surface area contributed by atoms with E-state index in [9.17, 15) is 48.5 Å². The summed E-state index contributed by atoms with van der Waals surface area (Å²) in [4.78, 5) is 28.0. The van der Waals surface area contributed by atoms with E-state index in [4.69, 9.17) is 5.11 Å². The molecule has 2 heterocycles. The van der Waals surface area contributed by atoms with Crippen molar-refractivity contribution in [3.8, 4) is 0 Å². The number of carbonyl (C=O) groups is 2. The van der Waals surface area contributed by atoms with Crippen molar-refractivity contribution in [1.82, 2.24) is 0 Å². The van der Waals surface area contributed by atoms with E-state index in [1.54, 1.807) is 42.5 Å². The van der Waals surface area contributed by atoms with Crippen LogP contribution >= 0.6 is 0 Å². The molecule has 1 saturated carbocycles. The van der Waals surface area contributed by atoms with Crippen molar-refractivity contribution < 1.29 is 53.6 Å². The van der Waals surface area contributed by atoms with Gasteiger partial charge in [0.15, 0.2) is 5.78 Å². The summed E-state index contributed by atoms with van der Waals surface area (Å²) in [6.45, 7) is 8.67. The fraction of sp³-hybridized carbons (Fsp3) is 0.395. The summed E-state index contributed by atoms with van der Waals surface area (Å²) in [5.41, 5.74) is 4.43. The number of carbonyl (C=O) groups excluding carboxylic acids is 1. The summed E-state index contributed by atoms with van der Waals surface area (Å²) >= 11 is 0. The minimum absolute atomic E-state index is 0.0760. The third-order valence-corrected chi connectivity index (χ3v) is 13.7. The molecule has 5 rings (SSSR count). The molecule has 0 unspecified atom stereocenters. The first-order valence-corrected chi connectivity index (χ1v) is 24.1. The number of rotatable bonds is 17. The molecule has 0 aromatic heterocycles. The fourth-order valence-electron chi connectivity index (χ4n) is 8.05. The maximum Gasteiger partial charge on any atom is 0.303 e. The third-order valence-electron chi connectivity index (χ3n) is 11.2. The molecule has 1 fully saturated rings. The Balaban J connectivity index is 1.33. The van der Waals surface area contributed by atoms with Gasteiger partial charge in [0.05, 0.1) is 15.5 Å². The second-order valence-corrected chi connectivity index (χ2v) is 20.6. The Morgan fingerprint density at radius 1 is 0.633 bits per heavy atom. The molecule has 0 spiro atoms. The van der Waals surface area contributed by atoms with E-state index < -0.39 is 52.9 Å². The molecule has 0 radical (unpaired) electrons.